The van der Waals surface area contributed by atoms with Crippen LogP contribution in [0.3, 0.4) is 0 Å². The molecule has 1 N–H and O–H groups in total. The van der Waals surface area contributed by atoms with Gasteiger partial charge in [-0.2, -0.15) is 0 Å². The van der Waals surface area contributed by atoms with E-state index in [-0.39, 0.29) is 12.5 Å². The van der Waals surface area contributed by atoms with Gasteiger partial charge in [0.25, 0.3) is 5.91 Å². The maximum Gasteiger partial charge on any atom is 0.262 e. The quantitative estimate of drug-likeness (QED) is 0.888. The van der Waals surface area contributed by atoms with Gasteiger partial charge >= 0.3 is 0 Å². The molecule has 0 saturated carbocycles. The second-order valence-electron chi connectivity index (χ2n) is 5.93. The number of ether oxygens (including phenoxy) is 1. The molecule has 0 aliphatic carbocycles. The van der Waals surface area contributed by atoms with E-state index >= 15 is 0 Å². The number of anilines is 2. The number of carbonyl (C=O) groups is 1. The molecular formula is C18H20N2O4S. The van der Waals surface area contributed by atoms with Gasteiger partial charge in [0.1, 0.15) is 5.75 Å². The maximum atomic E-state index is 12.1. The Labute approximate surface area is 147 Å². The largest absolute Gasteiger partial charge is 0.484 e. The molecule has 0 saturated heterocycles. The van der Waals surface area contributed by atoms with Gasteiger partial charge in [-0.25, -0.2) is 8.42 Å². The molecule has 1 aliphatic rings. The molecule has 1 amide bonds. The summed E-state index contributed by atoms with van der Waals surface area (Å²) in [6.45, 7) is 0.344. The van der Waals surface area contributed by atoms with Crippen molar-refractivity contribution in [1.29, 1.82) is 0 Å². The molecule has 7 heteroatoms. The van der Waals surface area contributed by atoms with Gasteiger partial charge in [0.2, 0.25) is 10.0 Å². The monoisotopic (exact) mass is 360 g/mol. The number of aryl methyl sites for hydroxylation is 1. The van der Waals surface area contributed by atoms with E-state index < -0.39 is 10.0 Å². The zero-order valence-electron chi connectivity index (χ0n) is 13.9. The Morgan fingerprint density at radius 2 is 1.96 bits per heavy atom. The van der Waals surface area contributed by atoms with Gasteiger partial charge in [0, 0.05) is 12.2 Å². The molecule has 25 heavy (non-hydrogen) atoms. The van der Waals surface area contributed by atoms with Crippen molar-refractivity contribution in [3.8, 4) is 5.75 Å². The standard InChI is InChI=1S/C18H20N2O4S/c1-25(22,23)20-11-5-6-14-9-10-15(12-17(14)20)19-18(21)13-24-16-7-3-2-4-8-16/h2-4,7-10,12H,5-6,11,13H2,1H3,(H,19,21). The molecule has 2 aromatic carbocycles. The maximum absolute atomic E-state index is 12.1. The van der Waals surface area contributed by atoms with Crippen molar-refractivity contribution in [3.63, 3.8) is 0 Å². The van der Waals surface area contributed by atoms with Crippen LogP contribution >= 0.6 is 0 Å². The molecule has 0 spiro atoms. The fraction of sp³-hybridized carbons (Fsp3) is 0.278. The number of nitrogens with one attached hydrogen (secondary N) is 1. The smallest absolute Gasteiger partial charge is 0.262 e. The Kier molecular flexibility index (Phi) is 4.94. The summed E-state index contributed by atoms with van der Waals surface area (Å²) in [7, 11) is -3.33. The first-order valence-electron chi connectivity index (χ1n) is 8.02. The van der Waals surface area contributed by atoms with Crippen LogP contribution in [0.1, 0.15) is 12.0 Å². The highest BCUT2D eigenvalue weighted by atomic mass is 32.2. The number of benzene rings is 2. The molecule has 6 nitrogen and oxygen atoms in total. The molecule has 0 atom stereocenters. The summed E-state index contributed by atoms with van der Waals surface area (Å²) in [5, 5.41) is 2.75. The lowest BCUT2D eigenvalue weighted by Gasteiger charge is -2.29. The lowest BCUT2D eigenvalue weighted by Crippen LogP contribution is -2.34. The predicted octanol–water partition coefficient (Wildman–Crippen LogP) is 2.42. The van der Waals surface area contributed by atoms with Crippen LogP contribution in [0, 0.1) is 0 Å². The molecule has 1 heterocycles. The molecule has 1 aliphatic heterocycles. The summed E-state index contributed by atoms with van der Waals surface area (Å²) in [5.74, 6) is 0.317. The lowest BCUT2D eigenvalue weighted by molar-refractivity contribution is -0.118. The van der Waals surface area contributed by atoms with E-state index in [2.05, 4.69) is 5.32 Å². The van der Waals surface area contributed by atoms with Crippen LogP contribution in [0.5, 0.6) is 5.75 Å². The zero-order valence-corrected chi connectivity index (χ0v) is 14.8. The molecule has 0 radical (unpaired) electrons. The first kappa shape index (κ1) is 17.3. The summed E-state index contributed by atoms with van der Waals surface area (Å²) in [6, 6.07) is 14.4. The van der Waals surface area contributed by atoms with Crippen molar-refractivity contribution in [2.24, 2.45) is 0 Å². The highest BCUT2D eigenvalue weighted by Crippen LogP contribution is 2.31. The molecular weight excluding hydrogens is 340 g/mol. The Bertz CT molecular complexity index is 866. The molecule has 132 valence electrons. The molecule has 0 bridgehead atoms. The van der Waals surface area contributed by atoms with Crippen molar-refractivity contribution in [3.05, 3.63) is 54.1 Å². The first-order chi connectivity index (χ1) is 11.9. The first-order valence-corrected chi connectivity index (χ1v) is 9.87. The summed E-state index contributed by atoms with van der Waals surface area (Å²) in [6.07, 6.45) is 2.81. The van der Waals surface area contributed by atoms with Crippen molar-refractivity contribution in [2.75, 3.05) is 29.0 Å². The second kappa shape index (κ2) is 7.14. The number of hydrogen-bond donors (Lipinski definition) is 1. The fourth-order valence-electron chi connectivity index (χ4n) is 2.83. The van der Waals surface area contributed by atoms with Crippen molar-refractivity contribution in [1.82, 2.24) is 0 Å². The topological polar surface area (TPSA) is 75.7 Å². The van der Waals surface area contributed by atoms with E-state index in [0.29, 0.717) is 23.7 Å². The number of para-hydroxylation sites is 1. The van der Waals surface area contributed by atoms with Crippen molar-refractivity contribution in [2.45, 2.75) is 12.8 Å². The molecule has 0 aromatic heterocycles. The number of hydrogen-bond acceptors (Lipinski definition) is 4. The van der Waals surface area contributed by atoms with Crippen LogP contribution in [0.15, 0.2) is 48.5 Å². The minimum Gasteiger partial charge on any atom is -0.484 e. The molecule has 3 rings (SSSR count). The third-order valence-corrected chi connectivity index (χ3v) is 5.14. The Morgan fingerprint density at radius 3 is 2.68 bits per heavy atom. The minimum absolute atomic E-state index is 0.114. The van der Waals surface area contributed by atoms with Gasteiger partial charge in [-0.15, -0.1) is 0 Å². The van der Waals surface area contributed by atoms with Gasteiger partial charge in [0.05, 0.1) is 11.9 Å². The van der Waals surface area contributed by atoms with E-state index in [1.165, 1.54) is 10.6 Å². The van der Waals surface area contributed by atoms with E-state index in [0.717, 1.165) is 18.4 Å². The number of fused-ring (bicyclic) bond motifs is 1. The van der Waals surface area contributed by atoms with Crippen LogP contribution in [-0.2, 0) is 21.2 Å². The van der Waals surface area contributed by atoms with E-state index in [1.54, 1.807) is 24.3 Å². The number of amides is 1. The van der Waals surface area contributed by atoms with E-state index in [1.807, 2.05) is 24.3 Å². The zero-order chi connectivity index (χ0) is 17.9. The van der Waals surface area contributed by atoms with Gasteiger partial charge in [-0.05, 0) is 42.7 Å². The van der Waals surface area contributed by atoms with Crippen LogP contribution in [0.4, 0.5) is 11.4 Å². The van der Waals surface area contributed by atoms with Gasteiger partial charge in [-0.1, -0.05) is 24.3 Å². The summed E-state index contributed by atoms with van der Waals surface area (Å²) in [4.78, 5) is 12.1. The molecule has 0 fully saturated rings. The molecule has 0 unspecified atom stereocenters. The Balaban J connectivity index is 1.70. The van der Waals surface area contributed by atoms with Gasteiger partial charge in [0.15, 0.2) is 6.61 Å². The van der Waals surface area contributed by atoms with Crippen LogP contribution in [-0.4, -0.2) is 33.7 Å². The lowest BCUT2D eigenvalue weighted by atomic mass is 10.0. The fourth-order valence-corrected chi connectivity index (χ4v) is 3.81. The summed E-state index contributed by atoms with van der Waals surface area (Å²) < 4.78 is 30.7. The van der Waals surface area contributed by atoms with Crippen molar-refractivity contribution < 1.29 is 17.9 Å². The second-order valence-corrected chi connectivity index (χ2v) is 7.84. The van der Waals surface area contributed by atoms with Crippen LogP contribution < -0.4 is 14.4 Å². The highest BCUT2D eigenvalue weighted by Gasteiger charge is 2.24. The number of carbonyl (C=O) groups excluding carboxylic acids is 1. The normalized spacial score (nSPS) is 13.9. The molecule has 2 aromatic rings. The Hall–Kier alpha value is -2.54. The number of nitrogens with zero attached hydrogens (tertiary/aromatic N) is 1. The third-order valence-electron chi connectivity index (χ3n) is 3.96. The minimum atomic E-state index is -3.33. The van der Waals surface area contributed by atoms with Crippen molar-refractivity contribution >= 4 is 27.3 Å². The van der Waals surface area contributed by atoms with E-state index in [9.17, 15) is 13.2 Å². The number of sulfonamides is 1. The average molecular weight is 360 g/mol. The van der Waals surface area contributed by atoms with Crippen LogP contribution in [0.2, 0.25) is 0 Å². The predicted molar refractivity (Wildman–Crippen MR) is 97.5 cm³/mol. The Morgan fingerprint density at radius 1 is 1.20 bits per heavy atom. The summed E-state index contributed by atoms with van der Waals surface area (Å²) >= 11 is 0. The van der Waals surface area contributed by atoms with Gasteiger partial charge in [-0.3, -0.25) is 9.10 Å². The average Bonchev–Trinajstić information content (AvgIpc) is 2.59. The van der Waals surface area contributed by atoms with E-state index in [4.69, 9.17) is 4.74 Å². The highest BCUT2D eigenvalue weighted by molar-refractivity contribution is 7.92. The van der Waals surface area contributed by atoms with Gasteiger partial charge < -0.3 is 10.1 Å². The third kappa shape index (κ3) is 4.30. The van der Waals surface area contributed by atoms with Crippen LogP contribution in [0.25, 0.3) is 0 Å². The SMILES string of the molecule is CS(=O)(=O)N1CCCc2ccc(NC(=O)COc3ccccc3)cc21. The number of rotatable bonds is 5. The summed E-state index contributed by atoms with van der Waals surface area (Å²) in [5.41, 5.74) is 2.15.